The molecule has 0 spiro atoms. The van der Waals surface area contributed by atoms with Gasteiger partial charge in [0, 0.05) is 31.6 Å². The van der Waals surface area contributed by atoms with Crippen LogP contribution in [-0.2, 0) is 6.54 Å². The van der Waals surface area contributed by atoms with E-state index in [1.165, 1.54) is 0 Å². The van der Waals surface area contributed by atoms with Gasteiger partial charge >= 0.3 is 0 Å². The fourth-order valence-corrected chi connectivity index (χ4v) is 4.08. The van der Waals surface area contributed by atoms with Gasteiger partial charge in [0.05, 0.1) is 18.8 Å². The molecule has 2 aromatic carbocycles. The predicted molar refractivity (Wildman–Crippen MR) is 117 cm³/mol. The number of hydrogen-bond acceptors (Lipinski definition) is 6. The van der Waals surface area contributed by atoms with Crippen molar-refractivity contribution >= 4 is 27.8 Å². The number of furan rings is 1. The zero-order chi connectivity index (χ0) is 20.5. The second-order valence-electron chi connectivity index (χ2n) is 7.45. The van der Waals surface area contributed by atoms with Crippen molar-refractivity contribution in [3.63, 3.8) is 0 Å². The molecule has 0 amide bonds. The standard InChI is InChI=1S/C23H24N4O3/c1-2-29-19-10-6-4-8-17(19)27-13-11-26(12-14-27)15-20-24-21-16-7-3-5-9-18(16)30-22(21)23(28)25-20/h3-10H,2,11-15H2,1H3,(H,24,25,28). The van der Waals surface area contributed by atoms with Gasteiger partial charge in [-0.2, -0.15) is 0 Å². The van der Waals surface area contributed by atoms with Crippen LogP contribution in [0.3, 0.4) is 0 Å². The third-order valence-electron chi connectivity index (χ3n) is 5.53. The molecule has 1 aliphatic rings. The number of benzene rings is 2. The van der Waals surface area contributed by atoms with Crippen LogP contribution in [0.25, 0.3) is 22.1 Å². The summed E-state index contributed by atoms with van der Waals surface area (Å²) < 4.78 is 11.5. The summed E-state index contributed by atoms with van der Waals surface area (Å²) in [6.45, 7) is 6.81. The van der Waals surface area contributed by atoms with Crippen molar-refractivity contribution < 1.29 is 9.15 Å². The van der Waals surface area contributed by atoms with Crippen molar-refractivity contribution in [2.24, 2.45) is 0 Å². The quantitative estimate of drug-likeness (QED) is 0.550. The number of ether oxygens (including phenoxy) is 1. The number of hydrogen-bond donors (Lipinski definition) is 1. The molecule has 7 heteroatoms. The van der Waals surface area contributed by atoms with Crippen LogP contribution >= 0.6 is 0 Å². The Labute approximate surface area is 173 Å². The van der Waals surface area contributed by atoms with Crippen LogP contribution in [-0.4, -0.2) is 47.7 Å². The highest BCUT2D eigenvalue weighted by molar-refractivity contribution is 6.01. The first-order chi connectivity index (χ1) is 14.7. The van der Waals surface area contributed by atoms with Gasteiger partial charge in [0.2, 0.25) is 5.58 Å². The van der Waals surface area contributed by atoms with Crippen LogP contribution in [0.1, 0.15) is 12.7 Å². The summed E-state index contributed by atoms with van der Waals surface area (Å²) in [5.74, 6) is 1.60. The summed E-state index contributed by atoms with van der Waals surface area (Å²) in [4.78, 5) is 24.8. The second-order valence-corrected chi connectivity index (χ2v) is 7.45. The molecule has 0 radical (unpaired) electrons. The molecular weight excluding hydrogens is 380 g/mol. The minimum Gasteiger partial charge on any atom is -0.492 e. The maximum absolute atomic E-state index is 12.5. The number of anilines is 1. The Morgan fingerprint density at radius 1 is 1.07 bits per heavy atom. The minimum atomic E-state index is -0.226. The smallest absolute Gasteiger partial charge is 0.294 e. The van der Waals surface area contributed by atoms with Crippen molar-refractivity contribution in [3.05, 3.63) is 64.7 Å². The molecule has 7 nitrogen and oxygen atoms in total. The van der Waals surface area contributed by atoms with Crippen LogP contribution < -0.4 is 15.2 Å². The maximum atomic E-state index is 12.5. The third kappa shape index (κ3) is 3.41. The summed E-state index contributed by atoms with van der Waals surface area (Å²) >= 11 is 0. The van der Waals surface area contributed by atoms with Gasteiger partial charge in [0.25, 0.3) is 5.56 Å². The van der Waals surface area contributed by atoms with Crippen LogP contribution in [0.15, 0.2) is 57.7 Å². The van der Waals surface area contributed by atoms with E-state index in [-0.39, 0.29) is 11.1 Å². The van der Waals surface area contributed by atoms with Crippen molar-refractivity contribution in [3.8, 4) is 5.75 Å². The Balaban J connectivity index is 1.33. The Morgan fingerprint density at radius 2 is 1.83 bits per heavy atom. The molecule has 1 fully saturated rings. The summed E-state index contributed by atoms with van der Waals surface area (Å²) in [6.07, 6.45) is 0. The van der Waals surface area contributed by atoms with Gasteiger partial charge < -0.3 is 19.0 Å². The highest BCUT2D eigenvalue weighted by Crippen LogP contribution is 2.29. The second kappa shape index (κ2) is 7.84. The molecule has 1 N–H and O–H groups in total. The lowest BCUT2D eigenvalue weighted by Crippen LogP contribution is -2.46. The minimum absolute atomic E-state index is 0.226. The molecule has 30 heavy (non-hydrogen) atoms. The summed E-state index contributed by atoms with van der Waals surface area (Å²) in [7, 11) is 0. The number of para-hydroxylation sites is 3. The molecule has 5 rings (SSSR count). The number of nitrogens with one attached hydrogen (secondary N) is 1. The van der Waals surface area contributed by atoms with Crippen LogP contribution in [0.2, 0.25) is 0 Å². The van der Waals surface area contributed by atoms with Gasteiger partial charge in [0.15, 0.2) is 0 Å². The van der Waals surface area contributed by atoms with Gasteiger partial charge in [-0.3, -0.25) is 9.69 Å². The Bertz CT molecular complexity index is 1240. The van der Waals surface area contributed by atoms with Crippen molar-refractivity contribution in [2.75, 3.05) is 37.7 Å². The average Bonchev–Trinajstić information content (AvgIpc) is 3.15. The number of H-pyrrole nitrogens is 1. The molecule has 154 valence electrons. The lowest BCUT2D eigenvalue weighted by Gasteiger charge is -2.36. The molecule has 2 aromatic heterocycles. The Kier molecular flexibility index (Phi) is 4.88. The number of aromatic nitrogens is 2. The summed E-state index contributed by atoms with van der Waals surface area (Å²) in [5, 5.41) is 0.872. The first-order valence-corrected chi connectivity index (χ1v) is 10.3. The monoisotopic (exact) mass is 404 g/mol. The maximum Gasteiger partial charge on any atom is 0.294 e. The van der Waals surface area contributed by atoms with Crippen molar-refractivity contribution in [1.82, 2.24) is 14.9 Å². The lowest BCUT2D eigenvalue weighted by atomic mass is 10.2. The normalized spacial score (nSPS) is 15.2. The number of rotatable bonds is 5. The summed E-state index contributed by atoms with van der Waals surface area (Å²) in [5.41, 5.74) is 2.52. The van der Waals surface area contributed by atoms with Crippen LogP contribution in [0.5, 0.6) is 5.75 Å². The highest BCUT2D eigenvalue weighted by atomic mass is 16.5. The molecule has 3 heterocycles. The fourth-order valence-electron chi connectivity index (χ4n) is 4.08. The van der Waals surface area contributed by atoms with E-state index in [1.807, 2.05) is 49.4 Å². The van der Waals surface area contributed by atoms with Gasteiger partial charge in [-0.15, -0.1) is 0 Å². The largest absolute Gasteiger partial charge is 0.492 e. The molecule has 4 aromatic rings. The van der Waals surface area contributed by atoms with E-state index in [4.69, 9.17) is 14.1 Å². The summed E-state index contributed by atoms with van der Waals surface area (Å²) in [6, 6.07) is 15.8. The van der Waals surface area contributed by atoms with Crippen molar-refractivity contribution in [1.29, 1.82) is 0 Å². The molecule has 0 saturated carbocycles. The van der Waals surface area contributed by atoms with E-state index in [9.17, 15) is 4.79 Å². The van der Waals surface area contributed by atoms with E-state index in [1.54, 1.807) is 0 Å². The van der Waals surface area contributed by atoms with E-state index >= 15 is 0 Å². The molecule has 0 atom stereocenters. The van der Waals surface area contributed by atoms with Gasteiger partial charge in [-0.1, -0.05) is 24.3 Å². The molecular formula is C23H24N4O3. The SMILES string of the molecule is CCOc1ccccc1N1CCN(Cc2nc3c(oc4ccccc43)c(=O)[nH]2)CC1. The molecule has 0 unspecified atom stereocenters. The predicted octanol–water partition coefficient (Wildman–Crippen LogP) is 3.39. The molecule has 1 saturated heterocycles. The van der Waals surface area contributed by atoms with E-state index in [0.29, 0.717) is 30.1 Å². The van der Waals surface area contributed by atoms with E-state index < -0.39 is 0 Å². The lowest BCUT2D eigenvalue weighted by molar-refractivity contribution is 0.243. The van der Waals surface area contributed by atoms with Crippen LogP contribution in [0, 0.1) is 0 Å². The first kappa shape index (κ1) is 18.7. The number of nitrogens with zero attached hydrogens (tertiary/aromatic N) is 3. The van der Waals surface area contributed by atoms with Crippen molar-refractivity contribution in [2.45, 2.75) is 13.5 Å². The van der Waals surface area contributed by atoms with Crippen LogP contribution in [0.4, 0.5) is 5.69 Å². The third-order valence-corrected chi connectivity index (χ3v) is 5.53. The Morgan fingerprint density at radius 3 is 2.67 bits per heavy atom. The average molecular weight is 404 g/mol. The first-order valence-electron chi connectivity index (χ1n) is 10.3. The zero-order valence-corrected chi connectivity index (χ0v) is 16.9. The van der Waals surface area contributed by atoms with Gasteiger partial charge in [0.1, 0.15) is 22.7 Å². The zero-order valence-electron chi connectivity index (χ0n) is 16.9. The number of piperazine rings is 1. The number of aromatic amines is 1. The highest BCUT2D eigenvalue weighted by Gasteiger charge is 2.21. The van der Waals surface area contributed by atoms with E-state index in [0.717, 1.165) is 43.0 Å². The molecule has 1 aliphatic heterocycles. The molecule has 0 aliphatic carbocycles. The Hall–Kier alpha value is -3.32. The fraction of sp³-hybridized carbons (Fsp3) is 0.304. The topological polar surface area (TPSA) is 74.6 Å². The van der Waals surface area contributed by atoms with E-state index in [2.05, 4.69) is 20.9 Å². The van der Waals surface area contributed by atoms with Gasteiger partial charge in [-0.05, 0) is 31.2 Å². The van der Waals surface area contributed by atoms with Gasteiger partial charge in [-0.25, -0.2) is 4.98 Å². The molecule has 0 bridgehead atoms. The number of fused-ring (bicyclic) bond motifs is 3.